The maximum absolute atomic E-state index is 13.0. The third-order valence-corrected chi connectivity index (χ3v) is 4.63. The Bertz CT molecular complexity index is 838. The van der Waals surface area contributed by atoms with Crippen LogP contribution < -0.4 is 5.32 Å². The highest BCUT2D eigenvalue weighted by Crippen LogP contribution is 2.25. The van der Waals surface area contributed by atoms with Crippen molar-refractivity contribution in [2.75, 3.05) is 5.32 Å². The fourth-order valence-electron chi connectivity index (χ4n) is 2.13. The molecule has 0 fully saturated rings. The molecule has 0 aliphatic rings. The lowest BCUT2D eigenvalue weighted by Gasteiger charge is -2.01. The molecular formula is C17H17FN4OS. The normalized spacial score (nSPS) is 11.0. The Labute approximate surface area is 143 Å². The number of nitrogens with one attached hydrogen (secondary N) is 1. The quantitative estimate of drug-likeness (QED) is 0.766. The summed E-state index contributed by atoms with van der Waals surface area (Å²) in [5.41, 5.74) is 1.38. The number of aromatic nitrogens is 3. The van der Waals surface area contributed by atoms with Crippen molar-refractivity contribution >= 4 is 22.4 Å². The van der Waals surface area contributed by atoms with Crippen LogP contribution in [-0.2, 0) is 11.2 Å². The summed E-state index contributed by atoms with van der Waals surface area (Å²) in [5, 5.41) is 7.73. The zero-order valence-electron chi connectivity index (χ0n) is 13.4. The van der Waals surface area contributed by atoms with Crippen LogP contribution in [0.1, 0.15) is 30.3 Å². The van der Waals surface area contributed by atoms with Crippen LogP contribution >= 0.6 is 11.3 Å². The molecule has 0 aliphatic carbocycles. The Hall–Kier alpha value is -2.54. The van der Waals surface area contributed by atoms with Crippen molar-refractivity contribution in [2.24, 2.45) is 0 Å². The molecule has 0 spiro atoms. The number of amides is 1. The highest BCUT2D eigenvalue weighted by atomic mass is 32.1. The van der Waals surface area contributed by atoms with Gasteiger partial charge < -0.3 is 5.32 Å². The van der Waals surface area contributed by atoms with E-state index in [4.69, 9.17) is 0 Å². The molecule has 1 amide bonds. The first-order valence-electron chi connectivity index (χ1n) is 7.57. The van der Waals surface area contributed by atoms with E-state index in [2.05, 4.69) is 29.2 Å². The molecule has 0 aliphatic heterocycles. The Kier molecular flexibility index (Phi) is 4.71. The first-order chi connectivity index (χ1) is 11.5. The number of carbonyl (C=O) groups is 1. The molecule has 0 saturated heterocycles. The maximum Gasteiger partial charge on any atom is 0.232 e. The predicted octanol–water partition coefficient (Wildman–Crippen LogP) is 3.77. The summed E-state index contributed by atoms with van der Waals surface area (Å²) in [6, 6.07) is 7.78. The number of halogens is 1. The number of rotatable bonds is 5. The average Bonchev–Trinajstić information content (AvgIpc) is 3.17. The van der Waals surface area contributed by atoms with Gasteiger partial charge >= 0.3 is 0 Å². The fourth-order valence-corrected chi connectivity index (χ4v) is 2.97. The van der Waals surface area contributed by atoms with Crippen LogP contribution in [-0.4, -0.2) is 20.7 Å². The summed E-state index contributed by atoms with van der Waals surface area (Å²) in [5.74, 6) is -0.0710. The summed E-state index contributed by atoms with van der Waals surface area (Å²) in [7, 11) is 0. The average molecular weight is 344 g/mol. The van der Waals surface area contributed by atoms with Crippen LogP contribution in [0, 0.1) is 5.82 Å². The van der Waals surface area contributed by atoms with Crippen molar-refractivity contribution in [1.29, 1.82) is 0 Å². The van der Waals surface area contributed by atoms with Crippen LogP contribution in [0.3, 0.4) is 0 Å². The number of hydrogen-bond acceptors (Lipinski definition) is 4. The van der Waals surface area contributed by atoms with E-state index in [-0.39, 0.29) is 18.1 Å². The number of nitrogens with zero attached hydrogens (tertiary/aromatic N) is 3. The third-order valence-electron chi connectivity index (χ3n) is 3.42. The molecule has 0 unspecified atom stereocenters. The second-order valence-electron chi connectivity index (χ2n) is 5.68. The summed E-state index contributed by atoms with van der Waals surface area (Å²) >= 11 is 1.48. The summed E-state index contributed by atoms with van der Waals surface area (Å²) in [6.45, 7) is 4.17. The van der Waals surface area contributed by atoms with Gasteiger partial charge in [0.25, 0.3) is 0 Å². The van der Waals surface area contributed by atoms with E-state index in [9.17, 15) is 9.18 Å². The lowest BCUT2D eigenvalue weighted by molar-refractivity contribution is -0.115. The molecule has 2 heterocycles. The first kappa shape index (κ1) is 16.3. The van der Waals surface area contributed by atoms with Gasteiger partial charge in [-0.1, -0.05) is 13.8 Å². The standard InChI is InChI=1S/C17H17FN4OS/c1-11(2)15-10-19-17(24-15)20-16(23)9-13-7-8-22(21-13)14-5-3-12(18)4-6-14/h3-8,10-11H,9H2,1-2H3,(H,19,20,23). The van der Waals surface area contributed by atoms with E-state index in [1.54, 1.807) is 35.3 Å². The molecule has 3 rings (SSSR count). The molecule has 0 atom stereocenters. The monoisotopic (exact) mass is 344 g/mol. The number of hydrogen-bond donors (Lipinski definition) is 1. The summed E-state index contributed by atoms with van der Waals surface area (Å²) < 4.78 is 14.6. The smallest absolute Gasteiger partial charge is 0.232 e. The first-order valence-corrected chi connectivity index (χ1v) is 8.39. The van der Waals surface area contributed by atoms with E-state index in [1.807, 2.05) is 0 Å². The zero-order valence-corrected chi connectivity index (χ0v) is 14.2. The molecule has 2 aromatic heterocycles. The van der Waals surface area contributed by atoms with Crippen LogP contribution in [0.2, 0.25) is 0 Å². The molecule has 0 saturated carbocycles. The molecule has 124 valence electrons. The van der Waals surface area contributed by atoms with Crippen LogP contribution in [0.25, 0.3) is 5.69 Å². The molecule has 0 bridgehead atoms. The summed E-state index contributed by atoms with van der Waals surface area (Å²) in [4.78, 5) is 17.4. The minimum Gasteiger partial charge on any atom is -0.302 e. The van der Waals surface area contributed by atoms with Crippen molar-refractivity contribution in [3.05, 3.63) is 59.1 Å². The zero-order chi connectivity index (χ0) is 17.1. The molecule has 7 heteroatoms. The highest BCUT2D eigenvalue weighted by Gasteiger charge is 2.11. The van der Waals surface area contributed by atoms with Crippen LogP contribution in [0.15, 0.2) is 42.7 Å². The minimum absolute atomic E-state index is 0.158. The van der Waals surface area contributed by atoms with Crippen molar-refractivity contribution in [3.8, 4) is 5.69 Å². The number of carbonyl (C=O) groups excluding carboxylic acids is 1. The van der Waals surface area contributed by atoms with Gasteiger partial charge in [0, 0.05) is 17.3 Å². The van der Waals surface area contributed by atoms with Gasteiger partial charge in [0.15, 0.2) is 5.13 Å². The predicted molar refractivity (Wildman–Crippen MR) is 92.1 cm³/mol. The van der Waals surface area contributed by atoms with Crippen molar-refractivity contribution in [2.45, 2.75) is 26.2 Å². The Balaban J connectivity index is 1.63. The minimum atomic E-state index is -0.297. The van der Waals surface area contributed by atoms with Gasteiger partial charge in [-0.15, -0.1) is 11.3 Å². The van der Waals surface area contributed by atoms with E-state index < -0.39 is 0 Å². The summed E-state index contributed by atoms with van der Waals surface area (Å²) in [6.07, 6.45) is 3.69. The van der Waals surface area contributed by atoms with Crippen molar-refractivity contribution in [3.63, 3.8) is 0 Å². The number of thiazole rings is 1. The Morgan fingerprint density at radius 1 is 1.29 bits per heavy atom. The van der Waals surface area contributed by atoms with Gasteiger partial charge in [-0.3, -0.25) is 4.79 Å². The van der Waals surface area contributed by atoms with Gasteiger partial charge in [0.05, 0.1) is 17.8 Å². The third kappa shape index (κ3) is 3.86. The van der Waals surface area contributed by atoms with Crippen molar-refractivity contribution in [1.82, 2.24) is 14.8 Å². The molecule has 1 N–H and O–H groups in total. The molecular weight excluding hydrogens is 327 g/mol. The van der Waals surface area contributed by atoms with E-state index in [1.165, 1.54) is 23.5 Å². The fraction of sp³-hybridized carbons (Fsp3) is 0.235. The van der Waals surface area contributed by atoms with E-state index in [0.717, 1.165) is 10.6 Å². The molecule has 24 heavy (non-hydrogen) atoms. The van der Waals surface area contributed by atoms with E-state index in [0.29, 0.717) is 16.7 Å². The highest BCUT2D eigenvalue weighted by molar-refractivity contribution is 7.15. The topological polar surface area (TPSA) is 59.8 Å². The van der Waals surface area contributed by atoms with Gasteiger partial charge in [-0.25, -0.2) is 14.1 Å². The van der Waals surface area contributed by atoms with Crippen LogP contribution in [0.4, 0.5) is 9.52 Å². The number of anilines is 1. The lowest BCUT2D eigenvalue weighted by atomic mass is 10.2. The number of benzene rings is 1. The second-order valence-corrected chi connectivity index (χ2v) is 6.74. The van der Waals surface area contributed by atoms with E-state index >= 15 is 0 Å². The Morgan fingerprint density at radius 2 is 2.04 bits per heavy atom. The van der Waals surface area contributed by atoms with Crippen LogP contribution in [0.5, 0.6) is 0 Å². The SMILES string of the molecule is CC(C)c1cnc(NC(=O)Cc2ccn(-c3ccc(F)cc3)n2)s1. The van der Waals surface area contributed by atoms with Crippen molar-refractivity contribution < 1.29 is 9.18 Å². The molecule has 3 aromatic rings. The van der Waals surface area contributed by atoms with Gasteiger partial charge in [-0.05, 0) is 36.2 Å². The molecule has 5 nitrogen and oxygen atoms in total. The lowest BCUT2D eigenvalue weighted by Crippen LogP contribution is -2.14. The van der Waals surface area contributed by atoms with Gasteiger partial charge in [-0.2, -0.15) is 5.10 Å². The molecule has 1 aromatic carbocycles. The molecule has 0 radical (unpaired) electrons. The van der Waals surface area contributed by atoms with Gasteiger partial charge in [0.2, 0.25) is 5.91 Å². The largest absolute Gasteiger partial charge is 0.302 e. The van der Waals surface area contributed by atoms with Gasteiger partial charge in [0.1, 0.15) is 5.82 Å². The maximum atomic E-state index is 13.0. The Morgan fingerprint density at radius 3 is 2.71 bits per heavy atom. The second kappa shape index (κ2) is 6.92.